The molecule has 0 bridgehead atoms. The Morgan fingerprint density at radius 3 is 2.38 bits per heavy atom. The molecule has 0 unspecified atom stereocenters. The summed E-state index contributed by atoms with van der Waals surface area (Å²) in [7, 11) is 0. The van der Waals surface area contributed by atoms with Crippen LogP contribution in [0.25, 0.3) is 0 Å². The Kier molecular flexibility index (Phi) is 8.35. The van der Waals surface area contributed by atoms with E-state index in [4.69, 9.17) is 15.2 Å². The molecule has 0 heterocycles. The van der Waals surface area contributed by atoms with Crippen molar-refractivity contribution >= 4 is 0 Å². The molecule has 0 amide bonds. The Balaban J connectivity index is 2.17. The molecule has 0 radical (unpaired) electrons. The van der Waals surface area contributed by atoms with Crippen LogP contribution in [0.5, 0.6) is 5.75 Å². The second-order valence-electron chi connectivity index (χ2n) is 5.74. The number of benzene rings is 1. The van der Waals surface area contributed by atoms with E-state index in [-0.39, 0.29) is 0 Å². The lowest BCUT2D eigenvalue weighted by Gasteiger charge is -2.30. The lowest BCUT2D eigenvalue weighted by atomic mass is 10.2. The molecule has 0 aromatic heterocycles. The highest BCUT2D eigenvalue weighted by atomic mass is 16.5. The third kappa shape index (κ3) is 6.93. The summed E-state index contributed by atoms with van der Waals surface area (Å²) in [5.41, 5.74) is 6.69. The summed E-state index contributed by atoms with van der Waals surface area (Å²) >= 11 is 0. The molecule has 4 heteroatoms. The van der Waals surface area contributed by atoms with Crippen LogP contribution in [-0.2, 0) is 11.3 Å². The summed E-state index contributed by atoms with van der Waals surface area (Å²) in [6.07, 6.45) is 0. The quantitative estimate of drug-likeness (QED) is 0.674. The molecule has 120 valence electrons. The van der Waals surface area contributed by atoms with Crippen molar-refractivity contribution in [2.24, 2.45) is 5.73 Å². The van der Waals surface area contributed by atoms with Crippen LogP contribution in [0.4, 0.5) is 0 Å². The molecule has 0 spiro atoms. The van der Waals surface area contributed by atoms with E-state index in [1.807, 2.05) is 24.3 Å². The van der Waals surface area contributed by atoms with Crippen LogP contribution in [0, 0.1) is 0 Å². The molecule has 1 rings (SSSR count). The number of hydrogen-bond donors (Lipinski definition) is 1. The van der Waals surface area contributed by atoms with Crippen molar-refractivity contribution in [1.29, 1.82) is 0 Å². The van der Waals surface area contributed by atoms with Crippen molar-refractivity contribution < 1.29 is 9.47 Å². The van der Waals surface area contributed by atoms with Crippen LogP contribution in [-0.4, -0.2) is 43.3 Å². The van der Waals surface area contributed by atoms with E-state index in [1.54, 1.807) is 0 Å². The number of nitrogens with two attached hydrogens (primary N) is 1. The molecular weight excluding hydrogens is 264 g/mol. The van der Waals surface area contributed by atoms with Crippen molar-refractivity contribution in [2.45, 2.75) is 46.3 Å². The van der Waals surface area contributed by atoms with Gasteiger partial charge in [-0.05, 0) is 45.4 Å². The molecule has 0 aliphatic heterocycles. The highest BCUT2D eigenvalue weighted by Gasteiger charge is 2.12. The highest BCUT2D eigenvalue weighted by Crippen LogP contribution is 2.12. The maximum Gasteiger partial charge on any atom is 0.119 e. The van der Waals surface area contributed by atoms with Crippen LogP contribution in [0.2, 0.25) is 0 Å². The Bertz CT molecular complexity index is 386. The van der Waals surface area contributed by atoms with Crippen molar-refractivity contribution in [3.05, 3.63) is 29.8 Å². The zero-order valence-corrected chi connectivity index (χ0v) is 13.8. The van der Waals surface area contributed by atoms with Crippen LogP contribution < -0.4 is 10.5 Å². The molecule has 4 nitrogen and oxygen atoms in total. The first-order chi connectivity index (χ1) is 10.0. The Morgan fingerprint density at radius 1 is 1.05 bits per heavy atom. The number of nitrogens with zero attached hydrogens (tertiary/aromatic N) is 1. The largest absolute Gasteiger partial charge is 0.491 e. The van der Waals surface area contributed by atoms with Crippen molar-refractivity contribution in [2.75, 3.05) is 26.4 Å². The maximum absolute atomic E-state index is 5.66. The van der Waals surface area contributed by atoms with Gasteiger partial charge < -0.3 is 15.2 Å². The fourth-order valence-electron chi connectivity index (χ4n) is 2.37. The summed E-state index contributed by atoms with van der Waals surface area (Å²) in [5, 5.41) is 0. The molecule has 2 N–H and O–H groups in total. The van der Waals surface area contributed by atoms with E-state index in [2.05, 4.69) is 32.6 Å². The van der Waals surface area contributed by atoms with E-state index < -0.39 is 0 Å². The Hall–Kier alpha value is -1.10. The van der Waals surface area contributed by atoms with Crippen LogP contribution in [0.15, 0.2) is 24.3 Å². The third-order valence-corrected chi connectivity index (χ3v) is 3.45. The second-order valence-corrected chi connectivity index (χ2v) is 5.74. The van der Waals surface area contributed by atoms with Crippen molar-refractivity contribution in [3.8, 4) is 5.75 Å². The van der Waals surface area contributed by atoms with Gasteiger partial charge in [0.25, 0.3) is 0 Å². The molecule has 0 saturated heterocycles. The molecule has 21 heavy (non-hydrogen) atoms. The van der Waals surface area contributed by atoms with Gasteiger partial charge in [0, 0.05) is 25.2 Å². The molecule has 0 atom stereocenters. The molecule has 0 fully saturated rings. The van der Waals surface area contributed by atoms with E-state index in [9.17, 15) is 0 Å². The maximum atomic E-state index is 5.66. The predicted octanol–water partition coefficient (Wildman–Crippen LogP) is 2.66. The van der Waals surface area contributed by atoms with E-state index >= 15 is 0 Å². The summed E-state index contributed by atoms with van der Waals surface area (Å²) in [4.78, 5) is 2.42. The number of ether oxygens (including phenoxy) is 2. The standard InChI is InChI=1S/C17H30N2O2/c1-14(2)19(15(3)4)8-9-20-10-11-21-17-7-5-6-16(12-17)13-18/h5-7,12,14-15H,8-11,13,18H2,1-4H3. The van der Waals surface area contributed by atoms with Gasteiger partial charge in [0.2, 0.25) is 0 Å². The van der Waals surface area contributed by atoms with Gasteiger partial charge in [-0.15, -0.1) is 0 Å². The topological polar surface area (TPSA) is 47.7 Å². The van der Waals surface area contributed by atoms with Gasteiger partial charge in [0.15, 0.2) is 0 Å². The molecule has 0 aliphatic rings. The normalized spacial score (nSPS) is 11.6. The number of rotatable bonds is 10. The Morgan fingerprint density at radius 2 is 1.76 bits per heavy atom. The van der Waals surface area contributed by atoms with Gasteiger partial charge in [-0.3, -0.25) is 4.90 Å². The lowest BCUT2D eigenvalue weighted by molar-refractivity contribution is 0.0621. The van der Waals surface area contributed by atoms with Crippen LogP contribution >= 0.6 is 0 Å². The van der Waals surface area contributed by atoms with Gasteiger partial charge in [0.1, 0.15) is 12.4 Å². The smallest absolute Gasteiger partial charge is 0.119 e. The van der Waals surface area contributed by atoms with E-state index in [0.29, 0.717) is 31.8 Å². The monoisotopic (exact) mass is 294 g/mol. The fraction of sp³-hybridized carbons (Fsp3) is 0.647. The fourth-order valence-corrected chi connectivity index (χ4v) is 2.37. The molecule has 1 aromatic rings. The zero-order valence-electron chi connectivity index (χ0n) is 13.8. The first-order valence-electron chi connectivity index (χ1n) is 7.80. The molecule has 0 aliphatic carbocycles. The predicted molar refractivity (Wildman–Crippen MR) is 87.6 cm³/mol. The Labute approximate surface area is 129 Å². The minimum atomic E-state index is 0.536. The molecule has 0 saturated carbocycles. The first-order valence-corrected chi connectivity index (χ1v) is 7.80. The van der Waals surface area contributed by atoms with Gasteiger partial charge >= 0.3 is 0 Å². The molecular formula is C17H30N2O2. The summed E-state index contributed by atoms with van der Waals surface area (Å²) in [6, 6.07) is 8.96. The average Bonchev–Trinajstić information content (AvgIpc) is 2.45. The summed E-state index contributed by atoms with van der Waals surface area (Å²) < 4.78 is 11.3. The minimum Gasteiger partial charge on any atom is -0.491 e. The van der Waals surface area contributed by atoms with E-state index in [1.165, 1.54) is 0 Å². The van der Waals surface area contributed by atoms with Gasteiger partial charge in [-0.2, -0.15) is 0 Å². The highest BCUT2D eigenvalue weighted by molar-refractivity contribution is 5.28. The van der Waals surface area contributed by atoms with Crippen LogP contribution in [0.3, 0.4) is 0 Å². The van der Waals surface area contributed by atoms with Crippen molar-refractivity contribution in [3.63, 3.8) is 0 Å². The molecule has 1 aromatic carbocycles. The average molecular weight is 294 g/mol. The lowest BCUT2D eigenvalue weighted by Crippen LogP contribution is -2.39. The van der Waals surface area contributed by atoms with Crippen LogP contribution in [0.1, 0.15) is 33.3 Å². The van der Waals surface area contributed by atoms with Gasteiger partial charge in [0.05, 0.1) is 13.2 Å². The van der Waals surface area contributed by atoms with Crippen molar-refractivity contribution in [1.82, 2.24) is 4.90 Å². The summed E-state index contributed by atoms with van der Waals surface area (Å²) in [6.45, 7) is 12.3. The summed E-state index contributed by atoms with van der Waals surface area (Å²) in [5.74, 6) is 0.854. The van der Waals surface area contributed by atoms with E-state index in [0.717, 1.165) is 24.5 Å². The SMILES string of the molecule is CC(C)N(CCOCCOc1cccc(CN)c1)C(C)C. The minimum absolute atomic E-state index is 0.536. The second kappa shape index (κ2) is 9.77. The van der Waals surface area contributed by atoms with Gasteiger partial charge in [-0.1, -0.05) is 12.1 Å². The number of hydrogen-bond acceptors (Lipinski definition) is 4. The zero-order chi connectivity index (χ0) is 15.7. The first kappa shape index (κ1) is 18.0. The van der Waals surface area contributed by atoms with Gasteiger partial charge in [-0.25, -0.2) is 0 Å². The third-order valence-electron chi connectivity index (χ3n) is 3.45.